The minimum Gasteiger partial charge on any atom is -0.495 e. The first-order valence-corrected chi connectivity index (χ1v) is 6.38. The second kappa shape index (κ2) is 5.90. The summed E-state index contributed by atoms with van der Waals surface area (Å²) in [7, 11) is 1.57. The lowest BCUT2D eigenvalue weighted by Crippen LogP contribution is -2.10. The standard InChI is InChI=1S/C16H17F2NO/c1-10-8-14(18)12(9-13(10)17)11(2)19-15-6-4-5-7-16(15)20-3/h4-9,11,19H,1-3H3. The minimum absolute atomic E-state index is 0.291. The van der Waals surface area contributed by atoms with Crippen LogP contribution in [0.15, 0.2) is 36.4 Å². The summed E-state index contributed by atoms with van der Waals surface area (Å²) in [6.07, 6.45) is 0. The number of nitrogens with one attached hydrogen (secondary N) is 1. The van der Waals surface area contributed by atoms with Crippen LogP contribution in [0.5, 0.6) is 5.75 Å². The van der Waals surface area contributed by atoms with E-state index in [4.69, 9.17) is 4.74 Å². The van der Waals surface area contributed by atoms with Crippen LogP contribution in [0.4, 0.5) is 14.5 Å². The predicted molar refractivity (Wildman–Crippen MR) is 76.1 cm³/mol. The van der Waals surface area contributed by atoms with Crippen molar-refractivity contribution in [2.24, 2.45) is 0 Å². The number of halogens is 2. The van der Waals surface area contributed by atoms with Gasteiger partial charge in [0.25, 0.3) is 0 Å². The fourth-order valence-corrected chi connectivity index (χ4v) is 2.07. The van der Waals surface area contributed by atoms with E-state index in [1.807, 2.05) is 18.2 Å². The van der Waals surface area contributed by atoms with Crippen LogP contribution in [0, 0.1) is 18.6 Å². The monoisotopic (exact) mass is 277 g/mol. The first-order chi connectivity index (χ1) is 9.52. The number of para-hydroxylation sites is 2. The van der Waals surface area contributed by atoms with Gasteiger partial charge < -0.3 is 10.1 Å². The molecule has 0 aliphatic heterocycles. The Labute approximate surface area is 117 Å². The molecule has 2 aromatic carbocycles. The topological polar surface area (TPSA) is 21.3 Å². The van der Waals surface area contributed by atoms with Gasteiger partial charge in [0.15, 0.2) is 0 Å². The van der Waals surface area contributed by atoms with Gasteiger partial charge in [-0.15, -0.1) is 0 Å². The molecule has 0 saturated carbocycles. The molecule has 0 amide bonds. The van der Waals surface area contributed by atoms with Crippen molar-refractivity contribution in [2.75, 3.05) is 12.4 Å². The molecule has 0 saturated heterocycles. The second-order valence-corrected chi connectivity index (χ2v) is 4.69. The normalized spacial score (nSPS) is 12.1. The highest BCUT2D eigenvalue weighted by molar-refractivity contribution is 5.57. The van der Waals surface area contributed by atoms with Gasteiger partial charge in [0, 0.05) is 5.56 Å². The van der Waals surface area contributed by atoms with Gasteiger partial charge in [-0.2, -0.15) is 0 Å². The van der Waals surface area contributed by atoms with Crippen LogP contribution in [0.3, 0.4) is 0 Å². The molecule has 0 fully saturated rings. The fourth-order valence-electron chi connectivity index (χ4n) is 2.07. The second-order valence-electron chi connectivity index (χ2n) is 4.69. The zero-order chi connectivity index (χ0) is 14.7. The van der Waals surface area contributed by atoms with Crippen LogP contribution in [-0.2, 0) is 0 Å². The van der Waals surface area contributed by atoms with Crippen molar-refractivity contribution in [1.29, 1.82) is 0 Å². The molecule has 2 rings (SSSR count). The molecule has 1 unspecified atom stereocenters. The summed E-state index contributed by atoms with van der Waals surface area (Å²) in [6, 6.07) is 9.41. The van der Waals surface area contributed by atoms with Gasteiger partial charge >= 0.3 is 0 Å². The average molecular weight is 277 g/mol. The summed E-state index contributed by atoms with van der Waals surface area (Å²) >= 11 is 0. The molecule has 0 radical (unpaired) electrons. The number of methoxy groups -OCH3 is 1. The summed E-state index contributed by atoms with van der Waals surface area (Å²) in [4.78, 5) is 0. The van der Waals surface area contributed by atoms with Crippen molar-refractivity contribution >= 4 is 5.69 Å². The molecular formula is C16H17F2NO. The third kappa shape index (κ3) is 2.90. The molecule has 0 spiro atoms. The van der Waals surface area contributed by atoms with Crippen LogP contribution < -0.4 is 10.1 Å². The summed E-state index contributed by atoms with van der Waals surface area (Å²) < 4.78 is 32.7. The van der Waals surface area contributed by atoms with Crippen LogP contribution in [0.25, 0.3) is 0 Å². The molecule has 2 nitrogen and oxygen atoms in total. The van der Waals surface area contributed by atoms with Crippen LogP contribution in [0.2, 0.25) is 0 Å². The Balaban J connectivity index is 2.28. The summed E-state index contributed by atoms with van der Waals surface area (Å²) in [5.41, 5.74) is 1.33. The number of hydrogen-bond donors (Lipinski definition) is 1. The third-order valence-electron chi connectivity index (χ3n) is 3.22. The first kappa shape index (κ1) is 14.3. The van der Waals surface area contributed by atoms with E-state index in [-0.39, 0.29) is 6.04 Å². The van der Waals surface area contributed by atoms with E-state index in [1.54, 1.807) is 27.0 Å². The highest BCUT2D eigenvalue weighted by atomic mass is 19.1. The number of hydrogen-bond acceptors (Lipinski definition) is 2. The van der Waals surface area contributed by atoms with Crippen molar-refractivity contribution in [3.63, 3.8) is 0 Å². The van der Waals surface area contributed by atoms with Gasteiger partial charge in [-0.1, -0.05) is 12.1 Å². The molecule has 20 heavy (non-hydrogen) atoms. The lowest BCUT2D eigenvalue weighted by atomic mass is 10.0. The summed E-state index contributed by atoms with van der Waals surface area (Å²) in [5, 5.41) is 3.13. The number of aryl methyl sites for hydroxylation is 1. The van der Waals surface area contributed by atoms with Gasteiger partial charge in [0.2, 0.25) is 0 Å². The summed E-state index contributed by atoms with van der Waals surface area (Å²) in [6.45, 7) is 3.32. The lowest BCUT2D eigenvalue weighted by molar-refractivity contribution is 0.416. The Kier molecular flexibility index (Phi) is 4.23. The van der Waals surface area contributed by atoms with E-state index < -0.39 is 11.6 Å². The molecule has 106 valence electrons. The summed E-state index contributed by atoms with van der Waals surface area (Å²) in [5.74, 6) is -0.166. The Morgan fingerprint density at radius 1 is 1.10 bits per heavy atom. The van der Waals surface area contributed by atoms with E-state index >= 15 is 0 Å². The van der Waals surface area contributed by atoms with E-state index in [0.717, 1.165) is 5.69 Å². The van der Waals surface area contributed by atoms with Crippen LogP contribution in [0.1, 0.15) is 24.1 Å². The first-order valence-electron chi connectivity index (χ1n) is 6.38. The Bertz CT molecular complexity index is 613. The molecule has 0 bridgehead atoms. The lowest BCUT2D eigenvalue weighted by Gasteiger charge is -2.19. The number of anilines is 1. The van der Waals surface area contributed by atoms with Gasteiger partial charge in [-0.3, -0.25) is 0 Å². The molecule has 4 heteroatoms. The molecule has 1 atom stereocenters. The molecule has 1 N–H and O–H groups in total. The number of ether oxygens (including phenoxy) is 1. The smallest absolute Gasteiger partial charge is 0.141 e. The quantitative estimate of drug-likeness (QED) is 0.891. The molecular weight excluding hydrogens is 260 g/mol. The van der Waals surface area contributed by atoms with E-state index in [1.165, 1.54) is 12.1 Å². The van der Waals surface area contributed by atoms with Crippen LogP contribution >= 0.6 is 0 Å². The maximum absolute atomic E-state index is 13.9. The van der Waals surface area contributed by atoms with Gasteiger partial charge in [0.05, 0.1) is 18.8 Å². The Morgan fingerprint density at radius 2 is 1.80 bits per heavy atom. The van der Waals surface area contributed by atoms with Crippen LogP contribution in [-0.4, -0.2) is 7.11 Å². The third-order valence-corrected chi connectivity index (χ3v) is 3.22. The Hall–Kier alpha value is -2.10. The van der Waals surface area contributed by atoms with Crippen molar-refractivity contribution in [3.05, 3.63) is 59.2 Å². The maximum atomic E-state index is 13.9. The van der Waals surface area contributed by atoms with Crippen molar-refractivity contribution < 1.29 is 13.5 Å². The number of benzene rings is 2. The average Bonchev–Trinajstić information content (AvgIpc) is 2.43. The minimum atomic E-state index is -0.418. The zero-order valence-electron chi connectivity index (χ0n) is 11.7. The van der Waals surface area contributed by atoms with E-state index in [2.05, 4.69) is 5.32 Å². The predicted octanol–water partition coefficient (Wildman–Crippen LogP) is 4.45. The van der Waals surface area contributed by atoms with Crippen molar-refractivity contribution in [2.45, 2.75) is 19.9 Å². The number of rotatable bonds is 4. The molecule has 0 heterocycles. The Morgan fingerprint density at radius 3 is 2.50 bits per heavy atom. The van der Waals surface area contributed by atoms with E-state index in [0.29, 0.717) is 16.9 Å². The molecule has 2 aromatic rings. The van der Waals surface area contributed by atoms with Crippen molar-refractivity contribution in [1.82, 2.24) is 0 Å². The van der Waals surface area contributed by atoms with Gasteiger partial charge in [-0.25, -0.2) is 8.78 Å². The fraction of sp³-hybridized carbons (Fsp3) is 0.250. The van der Waals surface area contributed by atoms with Crippen molar-refractivity contribution in [3.8, 4) is 5.75 Å². The largest absolute Gasteiger partial charge is 0.495 e. The highest BCUT2D eigenvalue weighted by Gasteiger charge is 2.15. The molecule has 0 aromatic heterocycles. The maximum Gasteiger partial charge on any atom is 0.141 e. The van der Waals surface area contributed by atoms with Gasteiger partial charge in [0.1, 0.15) is 17.4 Å². The molecule has 0 aliphatic rings. The highest BCUT2D eigenvalue weighted by Crippen LogP contribution is 2.29. The SMILES string of the molecule is COc1ccccc1NC(C)c1cc(F)c(C)cc1F. The zero-order valence-corrected chi connectivity index (χ0v) is 11.7. The van der Waals surface area contributed by atoms with E-state index in [9.17, 15) is 8.78 Å². The van der Waals surface area contributed by atoms with Gasteiger partial charge in [-0.05, 0) is 43.7 Å². The molecule has 0 aliphatic carbocycles.